The fourth-order valence-electron chi connectivity index (χ4n) is 2.44. The van der Waals surface area contributed by atoms with Crippen molar-refractivity contribution in [3.63, 3.8) is 0 Å². The molecule has 1 aromatic rings. The molecule has 1 saturated heterocycles. The second kappa shape index (κ2) is 9.25. The Hall–Kier alpha value is -2.77. The van der Waals surface area contributed by atoms with Crippen LogP contribution >= 0.6 is 0 Å². The largest absolute Gasteiger partial charge is 0.459 e. The van der Waals surface area contributed by atoms with E-state index < -0.39 is 29.8 Å². The minimum absolute atomic E-state index is 0.0952. The average Bonchev–Trinajstić information content (AvgIpc) is 3.00. The van der Waals surface area contributed by atoms with Gasteiger partial charge in [0.1, 0.15) is 24.9 Å². The molecule has 2 rings (SSSR count). The summed E-state index contributed by atoms with van der Waals surface area (Å²) >= 11 is 0. The fraction of sp³-hybridized carbons (Fsp3) is 0.526. The number of rotatable bonds is 7. The average molecular weight is 378 g/mol. The minimum atomic E-state index is -0.933. The molecule has 0 aliphatic carbocycles. The number of nitrogens with one attached hydrogen (secondary N) is 1. The first-order valence-corrected chi connectivity index (χ1v) is 8.86. The van der Waals surface area contributed by atoms with Gasteiger partial charge in [-0.25, -0.2) is 14.4 Å². The number of hydrogen-bond donors (Lipinski definition) is 1. The Bertz CT molecular complexity index is 656. The number of benzene rings is 1. The van der Waals surface area contributed by atoms with E-state index >= 15 is 0 Å². The number of carbonyl (C=O) groups is 3. The number of cyclic esters (lactones) is 1. The fourth-order valence-corrected chi connectivity index (χ4v) is 2.44. The Morgan fingerprint density at radius 1 is 1.26 bits per heavy atom. The van der Waals surface area contributed by atoms with Crippen molar-refractivity contribution < 1.29 is 28.6 Å². The maximum atomic E-state index is 12.5. The van der Waals surface area contributed by atoms with Crippen LogP contribution in [-0.4, -0.2) is 54.4 Å². The molecule has 1 N–H and O–H groups in total. The van der Waals surface area contributed by atoms with Crippen LogP contribution in [0.4, 0.5) is 9.59 Å². The van der Waals surface area contributed by atoms with E-state index in [1.807, 2.05) is 30.3 Å². The Balaban J connectivity index is 1.95. The Kier molecular flexibility index (Phi) is 7.04. The van der Waals surface area contributed by atoms with Crippen LogP contribution in [0, 0.1) is 0 Å². The summed E-state index contributed by atoms with van der Waals surface area (Å²) in [7, 11) is 0. The Labute approximate surface area is 158 Å². The molecule has 8 heteroatoms. The molecule has 1 unspecified atom stereocenters. The Morgan fingerprint density at radius 3 is 2.56 bits per heavy atom. The molecule has 0 bridgehead atoms. The van der Waals surface area contributed by atoms with E-state index in [1.165, 1.54) is 4.90 Å². The lowest BCUT2D eigenvalue weighted by Crippen LogP contribution is -2.46. The van der Waals surface area contributed by atoms with Crippen molar-refractivity contribution in [2.24, 2.45) is 0 Å². The van der Waals surface area contributed by atoms with Gasteiger partial charge >= 0.3 is 18.2 Å². The minimum Gasteiger partial charge on any atom is -0.459 e. The molecule has 1 aromatic carbocycles. The molecule has 0 radical (unpaired) electrons. The molecule has 27 heavy (non-hydrogen) atoms. The van der Waals surface area contributed by atoms with Gasteiger partial charge in [0.25, 0.3) is 0 Å². The highest BCUT2D eigenvalue weighted by Crippen LogP contribution is 2.10. The predicted molar refractivity (Wildman–Crippen MR) is 96.9 cm³/mol. The van der Waals surface area contributed by atoms with Crippen molar-refractivity contribution in [2.45, 2.75) is 45.4 Å². The molecule has 1 aliphatic rings. The van der Waals surface area contributed by atoms with Gasteiger partial charge in [-0.1, -0.05) is 30.3 Å². The van der Waals surface area contributed by atoms with Crippen molar-refractivity contribution in [1.82, 2.24) is 10.2 Å². The lowest BCUT2D eigenvalue weighted by Gasteiger charge is -2.24. The van der Waals surface area contributed by atoms with Crippen LogP contribution in [-0.2, 0) is 25.6 Å². The van der Waals surface area contributed by atoms with Gasteiger partial charge in [-0.3, -0.25) is 0 Å². The van der Waals surface area contributed by atoms with Crippen LogP contribution in [0.5, 0.6) is 0 Å². The van der Waals surface area contributed by atoms with Gasteiger partial charge in [-0.2, -0.15) is 0 Å². The topological polar surface area (TPSA) is 94.2 Å². The number of nitrogens with zero attached hydrogens (tertiary/aromatic N) is 1. The summed E-state index contributed by atoms with van der Waals surface area (Å²) in [6, 6.07) is 8.30. The second-order valence-electron chi connectivity index (χ2n) is 7.18. The SMILES string of the molecule is CC(C)(C)OC(=O)NC(CCN1CCOC1=O)C(=O)OCc1ccccc1. The van der Waals surface area contributed by atoms with E-state index in [1.54, 1.807) is 20.8 Å². The summed E-state index contributed by atoms with van der Waals surface area (Å²) in [4.78, 5) is 37.6. The predicted octanol–water partition coefficient (Wildman–Crippen LogP) is 2.47. The lowest BCUT2D eigenvalue weighted by atomic mass is 10.2. The van der Waals surface area contributed by atoms with Crippen molar-refractivity contribution in [1.29, 1.82) is 0 Å². The van der Waals surface area contributed by atoms with E-state index in [0.717, 1.165) is 5.56 Å². The summed E-state index contributed by atoms with van der Waals surface area (Å²) in [6.45, 7) is 6.33. The third-order valence-electron chi connectivity index (χ3n) is 3.73. The van der Waals surface area contributed by atoms with Crippen LogP contribution in [0.3, 0.4) is 0 Å². The van der Waals surface area contributed by atoms with Crippen LogP contribution in [0.25, 0.3) is 0 Å². The highest BCUT2D eigenvalue weighted by atomic mass is 16.6. The van der Waals surface area contributed by atoms with Gasteiger partial charge in [-0.05, 0) is 32.8 Å². The van der Waals surface area contributed by atoms with Crippen LogP contribution < -0.4 is 5.32 Å². The number of esters is 1. The number of alkyl carbamates (subject to hydrolysis) is 1. The zero-order chi connectivity index (χ0) is 19.9. The molecule has 1 heterocycles. The molecule has 0 aromatic heterocycles. The van der Waals surface area contributed by atoms with Gasteiger partial charge in [0.15, 0.2) is 0 Å². The smallest absolute Gasteiger partial charge is 0.409 e. The summed E-state index contributed by atoms with van der Waals surface area (Å²) in [5, 5.41) is 2.53. The lowest BCUT2D eigenvalue weighted by molar-refractivity contribution is -0.147. The molecular formula is C19H26N2O6. The standard InChI is InChI=1S/C19H26N2O6/c1-19(2,3)27-17(23)20-15(9-10-21-11-12-25-18(21)24)16(22)26-13-14-7-5-4-6-8-14/h4-8,15H,9-13H2,1-3H3,(H,20,23). The van der Waals surface area contributed by atoms with Crippen LogP contribution in [0.2, 0.25) is 0 Å². The monoisotopic (exact) mass is 378 g/mol. The normalized spacial score (nSPS) is 15.1. The third-order valence-corrected chi connectivity index (χ3v) is 3.73. The quantitative estimate of drug-likeness (QED) is 0.579. The van der Waals surface area contributed by atoms with Gasteiger partial charge < -0.3 is 24.4 Å². The van der Waals surface area contributed by atoms with Crippen molar-refractivity contribution in [3.05, 3.63) is 35.9 Å². The van der Waals surface area contributed by atoms with Gasteiger partial charge in [0, 0.05) is 6.54 Å². The first-order valence-electron chi connectivity index (χ1n) is 8.86. The van der Waals surface area contributed by atoms with Crippen molar-refractivity contribution >= 4 is 18.2 Å². The van der Waals surface area contributed by atoms with Crippen molar-refractivity contribution in [3.8, 4) is 0 Å². The highest BCUT2D eigenvalue weighted by molar-refractivity contribution is 5.81. The maximum absolute atomic E-state index is 12.5. The highest BCUT2D eigenvalue weighted by Gasteiger charge is 2.28. The first-order chi connectivity index (χ1) is 12.7. The van der Waals surface area contributed by atoms with Gasteiger partial charge in [-0.15, -0.1) is 0 Å². The third kappa shape index (κ3) is 7.16. The van der Waals surface area contributed by atoms with E-state index in [2.05, 4.69) is 5.32 Å². The molecule has 1 atom stereocenters. The molecule has 148 valence electrons. The summed E-state index contributed by atoms with van der Waals surface area (Å²) in [5.74, 6) is -0.586. The molecule has 8 nitrogen and oxygen atoms in total. The zero-order valence-electron chi connectivity index (χ0n) is 15.9. The number of hydrogen-bond acceptors (Lipinski definition) is 6. The molecule has 2 amide bonds. The molecule has 1 fully saturated rings. The van der Waals surface area contributed by atoms with Gasteiger partial charge in [0.2, 0.25) is 0 Å². The molecule has 0 spiro atoms. The van der Waals surface area contributed by atoms with Crippen LogP contribution in [0.15, 0.2) is 30.3 Å². The number of amides is 2. The van der Waals surface area contributed by atoms with E-state index in [4.69, 9.17) is 14.2 Å². The Morgan fingerprint density at radius 2 is 1.96 bits per heavy atom. The first kappa shape index (κ1) is 20.5. The zero-order valence-corrected chi connectivity index (χ0v) is 15.9. The summed E-state index contributed by atoms with van der Waals surface area (Å²) in [5.41, 5.74) is 0.145. The van der Waals surface area contributed by atoms with E-state index in [9.17, 15) is 14.4 Å². The van der Waals surface area contributed by atoms with Gasteiger partial charge in [0.05, 0.1) is 6.54 Å². The van der Waals surface area contributed by atoms with Crippen molar-refractivity contribution in [2.75, 3.05) is 19.7 Å². The second-order valence-corrected chi connectivity index (χ2v) is 7.18. The summed E-state index contributed by atoms with van der Waals surface area (Å²) in [6.07, 6.45) is -0.945. The van der Waals surface area contributed by atoms with E-state index in [-0.39, 0.29) is 19.6 Å². The van der Waals surface area contributed by atoms with Crippen LogP contribution in [0.1, 0.15) is 32.8 Å². The van der Waals surface area contributed by atoms with E-state index in [0.29, 0.717) is 13.2 Å². The molecule has 1 aliphatic heterocycles. The number of ether oxygens (including phenoxy) is 3. The molecule has 0 saturated carbocycles. The summed E-state index contributed by atoms with van der Waals surface area (Å²) < 4.78 is 15.4. The number of carbonyl (C=O) groups excluding carboxylic acids is 3. The maximum Gasteiger partial charge on any atom is 0.409 e. The molecular weight excluding hydrogens is 352 g/mol.